The van der Waals surface area contributed by atoms with Crippen LogP contribution < -0.4 is 4.74 Å². The molecule has 2 heterocycles. The highest BCUT2D eigenvalue weighted by Gasteiger charge is 2.43. The standard InChI is InChI=1S/C17H17NO2/c1-2-8-15-14(7-1)17(18-12-20-15,11-13-5-3-6-13)16-9-4-10-19-16/h1-2,4,7-10,12-13H,3,5-6,11H2. The summed E-state index contributed by atoms with van der Waals surface area (Å²) in [5.74, 6) is 2.53. The Hall–Kier alpha value is -2.03. The van der Waals surface area contributed by atoms with Crippen molar-refractivity contribution in [2.45, 2.75) is 31.2 Å². The lowest BCUT2D eigenvalue weighted by Crippen LogP contribution is -2.33. The second-order valence-electron chi connectivity index (χ2n) is 5.69. The lowest BCUT2D eigenvalue weighted by molar-refractivity contribution is 0.222. The first kappa shape index (κ1) is 11.8. The van der Waals surface area contributed by atoms with Gasteiger partial charge in [0.15, 0.2) is 11.9 Å². The number of hydrogen-bond donors (Lipinski definition) is 0. The van der Waals surface area contributed by atoms with Gasteiger partial charge >= 0.3 is 0 Å². The Morgan fingerprint density at radius 1 is 1.15 bits per heavy atom. The second-order valence-corrected chi connectivity index (χ2v) is 5.69. The minimum atomic E-state index is -0.413. The van der Waals surface area contributed by atoms with Crippen LogP contribution >= 0.6 is 0 Å². The van der Waals surface area contributed by atoms with E-state index in [1.165, 1.54) is 19.3 Å². The van der Waals surface area contributed by atoms with Gasteiger partial charge in [-0.3, -0.25) is 0 Å². The summed E-state index contributed by atoms with van der Waals surface area (Å²) in [6.07, 6.45) is 8.22. The molecule has 3 heteroatoms. The van der Waals surface area contributed by atoms with Crippen LogP contribution in [0.3, 0.4) is 0 Å². The molecular weight excluding hydrogens is 250 g/mol. The highest BCUT2D eigenvalue weighted by Crippen LogP contribution is 2.48. The number of aliphatic imine (C=N–C) groups is 1. The summed E-state index contributed by atoms with van der Waals surface area (Å²) in [7, 11) is 0. The molecule has 1 saturated carbocycles. The van der Waals surface area contributed by atoms with Crippen molar-refractivity contribution in [2.24, 2.45) is 10.9 Å². The summed E-state index contributed by atoms with van der Waals surface area (Å²) in [6, 6.07) is 12.1. The molecular formula is C17H17NO2. The number of ether oxygens (including phenoxy) is 1. The number of hydrogen-bond acceptors (Lipinski definition) is 3. The van der Waals surface area contributed by atoms with Crippen LogP contribution in [0.25, 0.3) is 0 Å². The molecule has 20 heavy (non-hydrogen) atoms. The number of furan rings is 1. The zero-order valence-corrected chi connectivity index (χ0v) is 11.3. The molecule has 4 rings (SSSR count). The summed E-state index contributed by atoms with van der Waals surface area (Å²) < 4.78 is 11.3. The van der Waals surface area contributed by atoms with Crippen LogP contribution in [0.15, 0.2) is 52.1 Å². The Kier molecular flexibility index (Phi) is 2.66. The van der Waals surface area contributed by atoms with Gasteiger partial charge in [-0.2, -0.15) is 0 Å². The molecule has 0 radical (unpaired) electrons. The minimum absolute atomic E-state index is 0.413. The Morgan fingerprint density at radius 3 is 2.80 bits per heavy atom. The first-order chi connectivity index (χ1) is 9.88. The van der Waals surface area contributed by atoms with Gasteiger partial charge in [0, 0.05) is 5.56 Å². The number of para-hydroxylation sites is 1. The highest BCUT2D eigenvalue weighted by molar-refractivity contribution is 5.62. The van der Waals surface area contributed by atoms with Crippen LogP contribution in [0.1, 0.15) is 37.0 Å². The topological polar surface area (TPSA) is 34.7 Å². The van der Waals surface area contributed by atoms with Crippen molar-refractivity contribution in [3.05, 3.63) is 54.0 Å². The van der Waals surface area contributed by atoms with Crippen LogP contribution in [-0.4, -0.2) is 6.40 Å². The number of rotatable bonds is 3. The largest absolute Gasteiger partial charge is 0.466 e. The quantitative estimate of drug-likeness (QED) is 0.837. The molecule has 0 amide bonds. The molecule has 0 N–H and O–H groups in total. The van der Waals surface area contributed by atoms with E-state index < -0.39 is 5.54 Å². The lowest BCUT2D eigenvalue weighted by atomic mass is 9.72. The number of nitrogens with zero attached hydrogens (tertiary/aromatic N) is 1. The third-order valence-electron chi connectivity index (χ3n) is 4.52. The van der Waals surface area contributed by atoms with E-state index in [1.807, 2.05) is 30.3 Å². The Morgan fingerprint density at radius 2 is 2.05 bits per heavy atom. The van der Waals surface area contributed by atoms with Crippen molar-refractivity contribution in [3.8, 4) is 5.75 Å². The van der Waals surface area contributed by atoms with Gasteiger partial charge < -0.3 is 9.15 Å². The van der Waals surface area contributed by atoms with E-state index >= 15 is 0 Å². The fraction of sp³-hybridized carbons (Fsp3) is 0.353. The van der Waals surface area contributed by atoms with E-state index in [0.717, 1.165) is 29.4 Å². The van der Waals surface area contributed by atoms with Crippen molar-refractivity contribution < 1.29 is 9.15 Å². The molecule has 2 aromatic rings. The number of benzene rings is 1. The molecule has 2 aliphatic rings. The molecule has 1 atom stereocenters. The average Bonchev–Trinajstić information content (AvgIpc) is 2.97. The van der Waals surface area contributed by atoms with Crippen LogP contribution in [0.5, 0.6) is 5.75 Å². The zero-order chi connectivity index (χ0) is 13.4. The Labute approximate surface area is 118 Å². The first-order valence-electron chi connectivity index (χ1n) is 7.22. The number of fused-ring (bicyclic) bond motifs is 1. The molecule has 102 valence electrons. The molecule has 1 aromatic carbocycles. The van der Waals surface area contributed by atoms with Gasteiger partial charge in [-0.15, -0.1) is 0 Å². The van der Waals surface area contributed by atoms with Gasteiger partial charge in [-0.1, -0.05) is 37.5 Å². The van der Waals surface area contributed by atoms with Crippen molar-refractivity contribution in [2.75, 3.05) is 0 Å². The lowest BCUT2D eigenvalue weighted by Gasteiger charge is -2.37. The van der Waals surface area contributed by atoms with E-state index in [2.05, 4.69) is 6.07 Å². The second kappa shape index (κ2) is 4.51. The minimum Gasteiger partial charge on any atom is -0.466 e. The van der Waals surface area contributed by atoms with Crippen molar-refractivity contribution >= 4 is 6.40 Å². The predicted octanol–water partition coefficient (Wildman–Crippen LogP) is 4.13. The van der Waals surface area contributed by atoms with Gasteiger partial charge in [0.05, 0.1) is 6.26 Å². The van der Waals surface area contributed by atoms with Crippen molar-refractivity contribution in [3.63, 3.8) is 0 Å². The van der Waals surface area contributed by atoms with Gasteiger partial charge in [0.2, 0.25) is 0 Å². The average molecular weight is 267 g/mol. The summed E-state index contributed by atoms with van der Waals surface area (Å²) in [5, 5.41) is 0. The Balaban J connectivity index is 1.86. The maximum absolute atomic E-state index is 5.73. The van der Waals surface area contributed by atoms with Crippen molar-refractivity contribution in [1.82, 2.24) is 0 Å². The van der Waals surface area contributed by atoms with E-state index in [1.54, 1.807) is 12.7 Å². The monoisotopic (exact) mass is 267 g/mol. The molecule has 1 aromatic heterocycles. The summed E-state index contributed by atoms with van der Waals surface area (Å²) in [4.78, 5) is 4.73. The van der Waals surface area contributed by atoms with Gasteiger partial charge in [0.25, 0.3) is 0 Å². The third kappa shape index (κ3) is 1.69. The molecule has 0 spiro atoms. The summed E-state index contributed by atoms with van der Waals surface area (Å²) in [5.41, 5.74) is 0.702. The predicted molar refractivity (Wildman–Crippen MR) is 77.0 cm³/mol. The van der Waals surface area contributed by atoms with Crippen molar-refractivity contribution in [1.29, 1.82) is 0 Å². The van der Waals surface area contributed by atoms with Gasteiger partial charge in [-0.25, -0.2) is 4.99 Å². The first-order valence-corrected chi connectivity index (χ1v) is 7.22. The third-order valence-corrected chi connectivity index (χ3v) is 4.52. The van der Waals surface area contributed by atoms with Crippen LogP contribution in [0.2, 0.25) is 0 Å². The SMILES string of the molecule is C1=NC(CC2CCC2)(c2ccco2)c2ccccc2O1. The summed E-state index contributed by atoms with van der Waals surface area (Å²) in [6.45, 7) is 0. The molecule has 1 aliphatic heterocycles. The fourth-order valence-electron chi connectivity index (χ4n) is 3.24. The normalized spacial score (nSPS) is 24.8. The molecule has 1 fully saturated rings. The van der Waals surface area contributed by atoms with Crippen LogP contribution in [-0.2, 0) is 5.54 Å². The zero-order valence-electron chi connectivity index (χ0n) is 11.3. The highest BCUT2D eigenvalue weighted by atomic mass is 16.5. The van der Waals surface area contributed by atoms with E-state index in [4.69, 9.17) is 14.1 Å². The molecule has 1 unspecified atom stereocenters. The molecule has 3 nitrogen and oxygen atoms in total. The summed E-state index contributed by atoms with van der Waals surface area (Å²) >= 11 is 0. The maximum atomic E-state index is 5.73. The Bertz CT molecular complexity index is 628. The van der Waals surface area contributed by atoms with Gasteiger partial charge in [0.1, 0.15) is 11.5 Å². The van der Waals surface area contributed by atoms with E-state index in [9.17, 15) is 0 Å². The van der Waals surface area contributed by atoms with E-state index in [-0.39, 0.29) is 0 Å². The molecule has 1 aliphatic carbocycles. The molecule has 0 saturated heterocycles. The molecule has 0 bridgehead atoms. The van der Waals surface area contributed by atoms with E-state index in [0.29, 0.717) is 0 Å². The smallest absolute Gasteiger partial charge is 0.177 e. The van der Waals surface area contributed by atoms with Gasteiger partial charge in [-0.05, 0) is 30.5 Å². The maximum Gasteiger partial charge on any atom is 0.177 e. The fourth-order valence-corrected chi connectivity index (χ4v) is 3.24. The van der Waals surface area contributed by atoms with Crippen LogP contribution in [0.4, 0.5) is 0 Å². The van der Waals surface area contributed by atoms with Crippen LogP contribution in [0, 0.1) is 5.92 Å².